The summed E-state index contributed by atoms with van der Waals surface area (Å²) in [5.41, 5.74) is -0.767. The highest BCUT2D eigenvalue weighted by molar-refractivity contribution is 9.09. The van der Waals surface area contributed by atoms with E-state index in [0.29, 0.717) is 24.7 Å². The van der Waals surface area contributed by atoms with Crippen LogP contribution in [0.3, 0.4) is 0 Å². The smallest absolute Gasteiger partial charge is 0.220 e. The van der Waals surface area contributed by atoms with Crippen LogP contribution in [0.5, 0.6) is 0 Å². The number of halogens is 1. The van der Waals surface area contributed by atoms with Crippen LogP contribution in [-0.2, 0) is 4.79 Å². The van der Waals surface area contributed by atoms with Crippen molar-refractivity contribution in [3.05, 3.63) is 0 Å². The minimum absolute atomic E-state index is 0.0201. The molecule has 0 saturated carbocycles. The SMILES string of the molecule is CCCC(C)(O)CNC(=O)CCBr. The van der Waals surface area contributed by atoms with E-state index in [-0.39, 0.29) is 5.91 Å². The van der Waals surface area contributed by atoms with E-state index in [2.05, 4.69) is 21.2 Å². The van der Waals surface area contributed by atoms with E-state index in [0.717, 1.165) is 6.42 Å². The molecule has 1 atom stereocenters. The zero-order valence-electron chi connectivity index (χ0n) is 8.27. The Morgan fingerprint density at radius 2 is 2.23 bits per heavy atom. The maximum absolute atomic E-state index is 11.0. The predicted octanol–water partition coefficient (Wildman–Crippen LogP) is 1.44. The van der Waals surface area contributed by atoms with Crippen molar-refractivity contribution in [3.8, 4) is 0 Å². The van der Waals surface area contributed by atoms with Gasteiger partial charge in [-0.25, -0.2) is 0 Å². The predicted molar refractivity (Wildman–Crippen MR) is 57.0 cm³/mol. The number of hydrogen-bond donors (Lipinski definition) is 2. The summed E-state index contributed by atoms with van der Waals surface area (Å²) in [6.07, 6.45) is 2.09. The second-order valence-corrected chi connectivity index (χ2v) is 4.26. The molecule has 1 unspecified atom stereocenters. The highest BCUT2D eigenvalue weighted by Crippen LogP contribution is 2.09. The molecule has 0 rings (SSSR count). The third-order valence-corrected chi connectivity index (χ3v) is 2.17. The zero-order valence-corrected chi connectivity index (χ0v) is 9.85. The molecule has 0 fully saturated rings. The molecular weight excluding hydrogens is 234 g/mol. The molecule has 4 heteroatoms. The molecule has 0 aromatic carbocycles. The molecule has 0 aliphatic carbocycles. The molecular formula is C9H18BrNO2. The molecule has 0 bridgehead atoms. The number of amides is 1. The Labute approximate surface area is 88.0 Å². The van der Waals surface area contributed by atoms with Gasteiger partial charge in [0, 0.05) is 18.3 Å². The zero-order chi connectivity index (χ0) is 10.3. The van der Waals surface area contributed by atoms with E-state index in [1.165, 1.54) is 0 Å². The normalized spacial score (nSPS) is 15.1. The van der Waals surface area contributed by atoms with Gasteiger partial charge in [0.25, 0.3) is 0 Å². The van der Waals surface area contributed by atoms with Crippen molar-refractivity contribution in [1.29, 1.82) is 0 Å². The largest absolute Gasteiger partial charge is 0.388 e. The molecule has 78 valence electrons. The number of nitrogens with one attached hydrogen (secondary N) is 1. The van der Waals surface area contributed by atoms with Crippen LogP contribution < -0.4 is 5.32 Å². The van der Waals surface area contributed by atoms with Crippen LogP contribution >= 0.6 is 15.9 Å². The van der Waals surface area contributed by atoms with Crippen LogP contribution in [0.25, 0.3) is 0 Å². The van der Waals surface area contributed by atoms with Crippen molar-refractivity contribution in [2.24, 2.45) is 0 Å². The molecule has 1 amide bonds. The second-order valence-electron chi connectivity index (χ2n) is 3.46. The van der Waals surface area contributed by atoms with Gasteiger partial charge in [0.1, 0.15) is 0 Å². The van der Waals surface area contributed by atoms with Crippen LogP contribution in [0, 0.1) is 0 Å². The van der Waals surface area contributed by atoms with E-state index in [4.69, 9.17) is 0 Å². The average Bonchev–Trinajstić information content (AvgIpc) is 2.02. The quantitative estimate of drug-likeness (QED) is 0.703. The Bertz CT molecular complexity index is 160. The first-order valence-electron chi connectivity index (χ1n) is 4.57. The number of rotatable bonds is 6. The van der Waals surface area contributed by atoms with Crippen molar-refractivity contribution in [2.45, 2.75) is 38.7 Å². The first-order chi connectivity index (χ1) is 6.02. The summed E-state index contributed by atoms with van der Waals surface area (Å²) < 4.78 is 0. The van der Waals surface area contributed by atoms with Crippen LogP contribution in [-0.4, -0.2) is 28.5 Å². The van der Waals surface area contributed by atoms with Gasteiger partial charge in [-0.3, -0.25) is 4.79 Å². The summed E-state index contributed by atoms with van der Waals surface area (Å²) in [5.74, 6) is -0.0201. The summed E-state index contributed by atoms with van der Waals surface area (Å²) in [6.45, 7) is 4.09. The first kappa shape index (κ1) is 12.9. The molecule has 0 aliphatic heterocycles. The Morgan fingerprint density at radius 1 is 1.62 bits per heavy atom. The number of carbonyl (C=O) groups is 1. The fraction of sp³-hybridized carbons (Fsp3) is 0.889. The molecule has 0 aliphatic rings. The fourth-order valence-corrected chi connectivity index (χ4v) is 1.45. The third kappa shape index (κ3) is 7.02. The van der Waals surface area contributed by atoms with Gasteiger partial charge in [0.15, 0.2) is 0 Å². The third-order valence-electron chi connectivity index (χ3n) is 1.78. The Kier molecular flexibility index (Phi) is 6.33. The standard InChI is InChI=1S/C9H18BrNO2/c1-3-5-9(2,13)7-11-8(12)4-6-10/h13H,3-7H2,1-2H3,(H,11,12). The fourth-order valence-electron chi connectivity index (χ4n) is 1.09. The molecule has 13 heavy (non-hydrogen) atoms. The summed E-state index contributed by atoms with van der Waals surface area (Å²) >= 11 is 3.18. The highest BCUT2D eigenvalue weighted by atomic mass is 79.9. The minimum atomic E-state index is -0.767. The van der Waals surface area contributed by atoms with Gasteiger partial charge in [0.2, 0.25) is 5.91 Å². The molecule has 0 aromatic rings. The van der Waals surface area contributed by atoms with E-state index < -0.39 is 5.60 Å². The number of aliphatic hydroxyl groups is 1. The lowest BCUT2D eigenvalue weighted by Crippen LogP contribution is -2.40. The number of carbonyl (C=O) groups excluding carboxylic acids is 1. The summed E-state index contributed by atoms with van der Waals surface area (Å²) in [5, 5.41) is 13.1. The molecule has 0 heterocycles. The van der Waals surface area contributed by atoms with Gasteiger partial charge in [-0.2, -0.15) is 0 Å². The molecule has 2 N–H and O–H groups in total. The van der Waals surface area contributed by atoms with Crippen molar-refractivity contribution in [1.82, 2.24) is 5.32 Å². The molecule has 0 saturated heterocycles. The lowest BCUT2D eigenvalue weighted by molar-refractivity contribution is -0.121. The second kappa shape index (κ2) is 6.38. The minimum Gasteiger partial charge on any atom is -0.388 e. The maximum Gasteiger partial charge on any atom is 0.220 e. The van der Waals surface area contributed by atoms with Crippen molar-refractivity contribution in [3.63, 3.8) is 0 Å². The maximum atomic E-state index is 11.0. The number of hydrogen-bond acceptors (Lipinski definition) is 2. The van der Waals surface area contributed by atoms with E-state index in [1.807, 2.05) is 6.92 Å². The van der Waals surface area contributed by atoms with Gasteiger partial charge < -0.3 is 10.4 Å². The van der Waals surface area contributed by atoms with Gasteiger partial charge in [-0.05, 0) is 13.3 Å². The summed E-state index contributed by atoms with van der Waals surface area (Å²) in [4.78, 5) is 11.0. The Balaban J connectivity index is 3.67. The monoisotopic (exact) mass is 251 g/mol. The van der Waals surface area contributed by atoms with Crippen LogP contribution in [0.4, 0.5) is 0 Å². The van der Waals surface area contributed by atoms with Gasteiger partial charge in [-0.1, -0.05) is 29.3 Å². The van der Waals surface area contributed by atoms with Crippen molar-refractivity contribution >= 4 is 21.8 Å². The van der Waals surface area contributed by atoms with E-state index in [1.54, 1.807) is 6.92 Å². The van der Waals surface area contributed by atoms with Gasteiger partial charge in [0.05, 0.1) is 5.60 Å². The topological polar surface area (TPSA) is 49.3 Å². The van der Waals surface area contributed by atoms with Crippen molar-refractivity contribution in [2.75, 3.05) is 11.9 Å². The van der Waals surface area contributed by atoms with Crippen LogP contribution in [0.2, 0.25) is 0 Å². The van der Waals surface area contributed by atoms with E-state index in [9.17, 15) is 9.90 Å². The number of alkyl halides is 1. The lowest BCUT2D eigenvalue weighted by atomic mass is 10.0. The van der Waals surface area contributed by atoms with Crippen LogP contribution in [0.15, 0.2) is 0 Å². The highest BCUT2D eigenvalue weighted by Gasteiger charge is 2.19. The Hall–Kier alpha value is -0.0900. The molecule has 0 spiro atoms. The van der Waals surface area contributed by atoms with E-state index >= 15 is 0 Å². The van der Waals surface area contributed by atoms with Crippen molar-refractivity contribution < 1.29 is 9.90 Å². The summed E-state index contributed by atoms with van der Waals surface area (Å²) in [7, 11) is 0. The molecule has 0 aromatic heterocycles. The molecule has 3 nitrogen and oxygen atoms in total. The first-order valence-corrected chi connectivity index (χ1v) is 5.69. The lowest BCUT2D eigenvalue weighted by Gasteiger charge is -2.22. The average molecular weight is 252 g/mol. The Morgan fingerprint density at radius 3 is 2.69 bits per heavy atom. The summed E-state index contributed by atoms with van der Waals surface area (Å²) in [6, 6.07) is 0. The molecule has 0 radical (unpaired) electrons. The van der Waals surface area contributed by atoms with Crippen LogP contribution in [0.1, 0.15) is 33.1 Å². The van der Waals surface area contributed by atoms with Gasteiger partial charge in [-0.15, -0.1) is 0 Å². The van der Waals surface area contributed by atoms with Gasteiger partial charge >= 0.3 is 0 Å².